The van der Waals surface area contributed by atoms with Crippen LogP contribution < -0.4 is 4.74 Å². The number of ketones is 1. The molecule has 0 unspecified atom stereocenters. The number of hydrogen-bond acceptors (Lipinski definition) is 3. The van der Waals surface area contributed by atoms with E-state index in [9.17, 15) is 23.1 Å². The fraction of sp³-hybridized carbons (Fsp3) is 0.125. The summed E-state index contributed by atoms with van der Waals surface area (Å²) >= 11 is 0. The maximum absolute atomic E-state index is 13.7. The van der Waals surface area contributed by atoms with Gasteiger partial charge in [-0.05, 0) is 66.4 Å². The van der Waals surface area contributed by atoms with Crippen LogP contribution in [0.4, 0.5) is 13.2 Å². The van der Waals surface area contributed by atoms with Gasteiger partial charge in [-0.2, -0.15) is 0 Å². The molecule has 0 atom stereocenters. The van der Waals surface area contributed by atoms with Crippen LogP contribution in [0.5, 0.6) is 11.5 Å². The summed E-state index contributed by atoms with van der Waals surface area (Å²) < 4.78 is 45.4. The summed E-state index contributed by atoms with van der Waals surface area (Å²) in [4.78, 5) is 12.7. The van der Waals surface area contributed by atoms with Gasteiger partial charge in [-0.15, -0.1) is 0 Å². The summed E-state index contributed by atoms with van der Waals surface area (Å²) in [7, 11) is 0. The van der Waals surface area contributed by atoms with Crippen molar-refractivity contribution in [3.8, 4) is 11.5 Å². The van der Waals surface area contributed by atoms with E-state index in [-0.39, 0.29) is 23.7 Å². The van der Waals surface area contributed by atoms with Crippen molar-refractivity contribution in [3.63, 3.8) is 0 Å². The average molecular weight is 410 g/mol. The molecule has 6 heteroatoms. The number of phenols is 1. The van der Waals surface area contributed by atoms with Crippen LogP contribution in [0.3, 0.4) is 0 Å². The van der Waals surface area contributed by atoms with E-state index in [4.69, 9.17) is 4.74 Å². The Morgan fingerprint density at radius 1 is 0.900 bits per heavy atom. The number of allylic oxidation sites excluding steroid dienone is 1. The Hall–Kier alpha value is -3.54. The first-order valence-electron chi connectivity index (χ1n) is 9.34. The van der Waals surface area contributed by atoms with Crippen molar-refractivity contribution < 1.29 is 27.8 Å². The SMILES string of the molecule is O=C1/C(=C/c2ccc(OCc3cc(F)c(F)cc3F)cc2)CCc2cc(O)ccc21. The second kappa shape index (κ2) is 8.06. The van der Waals surface area contributed by atoms with Gasteiger partial charge in [-0.25, -0.2) is 13.2 Å². The van der Waals surface area contributed by atoms with Crippen molar-refractivity contribution in [3.05, 3.63) is 99.9 Å². The lowest BCUT2D eigenvalue weighted by molar-refractivity contribution is 0.102. The lowest BCUT2D eigenvalue weighted by Gasteiger charge is -2.17. The molecule has 4 rings (SSSR count). The third-order valence-corrected chi connectivity index (χ3v) is 4.99. The first kappa shape index (κ1) is 19.8. The highest BCUT2D eigenvalue weighted by Crippen LogP contribution is 2.29. The predicted molar refractivity (Wildman–Crippen MR) is 106 cm³/mol. The van der Waals surface area contributed by atoms with Crippen LogP contribution in [-0.2, 0) is 13.0 Å². The van der Waals surface area contributed by atoms with E-state index >= 15 is 0 Å². The van der Waals surface area contributed by atoms with Gasteiger partial charge in [0.15, 0.2) is 17.4 Å². The van der Waals surface area contributed by atoms with E-state index < -0.39 is 17.5 Å². The van der Waals surface area contributed by atoms with Gasteiger partial charge in [0.1, 0.15) is 23.9 Å². The molecule has 1 N–H and O–H groups in total. The van der Waals surface area contributed by atoms with Crippen molar-refractivity contribution in [2.24, 2.45) is 0 Å². The van der Waals surface area contributed by atoms with Crippen molar-refractivity contribution in [2.45, 2.75) is 19.4 Å². The molecule has 0 saturated heterocycles. The normalized spacial score (nSPS) is 14.6. The molecule has 30 heavy (non-hydrogen) atoms. The quantitative estimate of drug-likeness (QED) is 0.450. The first-order valence-corrected chi connectivity index (χ1v) is 9.34. The molecule has 0 aromatic heterocycles. The number of aromatic hydroxyl groups is 1. The fourth-order valence-electron chi connectivity index (χ4n) is 3.40. The molecule has 0 fully saturated rings. The number of hydrogen-bond donors (Lipinski definition) is 1. The number of benzene rings is 3. The Bertz CT molecular complexity index is 1150. The molecule has 0 radical (unpaired) electrons. The van der Waals surface area contributed by atoms with Crippen LogP contribution >= 0.6 is 0 Å². The van der Waals surface area contributed by atoms with Crippen LogP contribution in [0.15, 0.2) is 60.2 Å². The molecule has 3 aromatic rings. The summed E-state index contributed by atoms with van der Waals surface area (Å²) in [5.74, 6) is -2.74. The topological polar surface area (TPSA) is 46.5 Å². The van der Waals surface area contributed by atoms with Crippen molar-refractivity contribution in [1.82, 2.24) is 0 Å². The molecule has 0 spiro atoms. The van der Waals surface area contributed by atoms with Gasteiger partial charge in [0.25, 0.3) is 0 Å². The minimum Gasteiger partial charge on any atom is -0.508 e. The number of carbonyl (C=O) groups is 1. The van der Waals surface area contributed by atoms with Gasteiger partial charge in [0.05, 0.1) is 0 Å². The monoisotopic (exact) mass is 410 g/mol. The lowest BCUT2D eigenvalue weighted by atomic mass is 9.86. The van der Waals surface area contributed by atoms with Crippen molar-refractivity contribution in [1.29, 1.82) is 0 Å². The number of phenolic OH excluding ortho intramolecular Hbond substituents is 1. The summed E-state index contributed by atoms with van der Waals surface area (Å²) in [6.07, 6.45) is 3.04. The second-order valence-corrected chi connectivity index (χ2v) is 7.06. The predicted octanol–water partition coefficient (Wildman–Crippen LogP) is 5.60. The van der Waals surface area contributed by atoms with Crippen molar-refractivity contribution in [2.75, 3.05) is 0 Å². The van der Waals surface area contributed by atoms with E-state index in [2.05, 4.69) is 0 Å². The molecule has 1 aliphatic rings. The molecule has 0 bridgehead atoms. The molecule has 3 nitrogen and oxygen atoms in total. The number of halogens is 3. The van der Waals surface area contributed by atoms with Gasteiger partial charge in [0, 0.05) is 22.8 Å². The number of fused-ring (bicyclic) bond motifs is 1. The summed E-state index contributed by atoms with van der Waals surface area (Å²) in [5, 5.41) is 9.57. The van der Waals surface area contributed by atoms with Gasteiger partial charge in [-0.3, -0.25) is 4.79 Å². The molecule has 152 valence electrons. The third kappa shape index (κ3) is 4.08. The van der Waals surface area contributed by atoms with Gasteiger partial charge in [0.2, 0.25) is 0 Å². The molecule has 0 amide bonds. The molecular formula is C24H17F3O3. The number of carbonyl (C=O) groups excluding carboxylic acids is 1. The Kier molecular flexibility index (Phi) is 5.31. The third-order valence-electron chi connectivity index (χ3n) is 4.99. The van der Waals surface area contributed by atoms with Crippen LogP contribution in [-0.4, -0.2) is 10.9 Å². The minimum absolute atomic E-state index is 0.0645. The molecule has 1 aliphatic carbocycles. The lowest BCUT2D eigenvalue weighted by Crippen LogP contribution is -2.13. The summed E-state index contributed by atoms with van der Waals surface area (Å²) in [6, 6.07) is 12.8. The maximum Gasteiger partial charge on any atom is 0.189 e. The number of ether oxygens (including phenoxy) is 1. The van der Waals surface area contributed by atoms with Crippen LogP contribution in [0.2, 0.25) is 0 Å². The highest BCUT2D eigenvalue weighted by molar-refractivity contribution is 6.13. The number of aryl methyl sites for hydroxylation is 1. The maximum atomic E-state index is 13.7. The van der Waals surface area contributed by atoms with E-state index in [1.807, 2.05) is 0 Å². The zero-order chi connectivity index (χ0) is 21.3. The highest BCUT2D eigenvalue weighted by atomic mass is 19.2. The number of rotatable bonds is 4. The first-order chi connectivity index (χ1) is 14.4. The average Bonchev–Trinajstić information content (AvgIpc) is 2.73. The standard InChI is InChI=1S/C24H17F3O3/c25-21-12-23(27)22(26)11-17(21)13-30-19-6-1-14(2-7-19)9-16-4-3-15-10-18(28)5-8-20(15)24(16)29/h1-2,5-12,28H,3-4,13H2/b16-9+. The van der Waals surface area contributed by atoms with Gasteiger partial charge in [-0.1, -0.05) is 12.1 Å². The smallest absolute Gasteiger partial charge is 0.189 e. The fourth-order valence-corrected chi connectivity index (χ4v) is 3.40. The second-order valence-electron chi connectivity index (χ2n) is 7.06. The highest BCUT2D eigenvalue weighted by Gasteiger charge is 2.22. The van der Waals surface area contributed by atoms with Gasteiger partial charge >= 0.3 is 0 Å². The molecule has 3 aromatic carbocycles. The molecule has 0 heterocycles. The van der Waals surface area contributed by atoms with E-state index in [1.54, 1.807) is 42.5 Å². The summed E-state index contributed by atoms with van der Waals surface area (Å²) in [5.41, 5.74) is 2.82. The molecule has 0 saturated carbocycles. The Labute approximate surface area is 171 Å². The Balaban J connectivity index is 1.46. The summed E-state index contributed by atoms with van der Waals surface area (Å²) in [6.45, 7) is -0.244. The largest absolute Gasteiger partial charge is 0.508 e. The molecular weight excluding hydrogens is 393 g/mol. The Morgan fingerprint density at radius 2 is 1.63 bits per heavy atom. The van der Waals surface area contributed by atoms with Gasteiger partial charge < -0.3 is 9.84 Å². The number of Topliss-reactive ketones (excluding diaryl/α,β-unsaturated/α-hetero) is 1. The van der Waals surface area contributed by atoms with E-state index in [0.717, 1.165) is 17.2 Å². The minimum atomic E-state index is -1.25. The molecule has 0 aliphatic heterocycles. The van der Waals surface area contributed by atoms with Crippen LogP contribution in [0.25, 0.3) is 6.08 Å². The van der Waals surface area contributed by atoms with Crippen LogP contribution in [0, 0.1) is 17.5 Å². The zero-order valence-corrected chi connectivity index (χ0v) is 15.8. The Morgan fingerprint density at radius 3 is 2.40 bits per heavy atom. The van der Waals surface area contributed by atoms with E-state index in [1.165, 1.54) is 6.07 Å². The van der Waals surface area contributed by atoms with Crippen molar-refractivity contribution >= 4 is 11.9 Å². The zero-order valence-electron chi connectivity index (χ0n) is 15.8. The van der Waals surface area contributed by atoms with Crippen LogP contribution in [0.1, 0.15) is 33.5 Å². The van der Waals surface area contributed by atoms with E-state index in [0.29, 0.717) is 35.8 Å².